The monoisotopic (exact) mass is 652 g/mol. The lowest BCUT2D eigenvalue weighted by Gasteiger charge is -2.06. The molecular formula is C44H32N2S2. The van der Waals surface area contributed by atoms with E-state index in [0.717, 1.165) is 45.4 Å². The average Bonchev–Trinajstić information content (AvgIpc) is 3.86. The Labute approximate surface area is 289 Å². The lowest BCUT2D eigenvalue weighted by atomic mass is 10.00. The van der Waals surface area contributed by atoms with Crippen LogP contribution in [-0.4, -0.2) is 9.97 Å². The summed E-state index contributed by atoms with van der Waals surface area (Å²) < 4.78 is 0. The van der Waals surface area contributed by atoms with Crippen molar-refractivity contribution in [1.82, 2.24) is 9.97 Å². The molecule has 0 spiro atoms. The van der Waals surface area contributed by atoms with Crippen LogP contribution in [0.25, 0.3) is 65.6 Å². The first-order valence-corrected chi connectivity index (χ1v) is 17.9. The molecule has 0 fully saturated rings. The van der Waals surface area contributed by atoms with Gasteiger partial charge in [-0.05, 0) is 57.3 Å². The topological polar surface area (TPSA) is 25.8 Å². The summed E-state index contributed by atoms with van der Waals surface area (Å²) in [5.74, 6) is 0. The van der Waals surface area contributed by atoms with Crippen LogP contribution in [0.4, 0.5) is 0 Å². The van der Waals surface area contributed by atoms with Crippen molar-refractivity contribution in [3.63, 3.8) is 0 Å². The second-order valence-electron chi connectivity index (χ2n) is 11.8. The van der Waals surface area contributed by atoms with Crippen LogP contribution in [0.2, 0.25) is 0 Å². The van der Waals surface area contributed by atoms with Gasteiger partial charge in [0.25, 0.3) is 0 Å². The maximum atomic E-state index is 4.96. The van der Waals surface area contributed by atoms with Gasteiger partial charge < -0.3 is 0 Å². The van der Waals surface area contributed by atoms with Crippen LogP contribution in [0.5, 0.6) is 0 Å². The number of benzene rings is 6. The SMILES string of the molecule is c1ccc(-c2ccc(-c3ccc(-c4nc(CCc5csc(-c6ccc(-c7ccc(-c8ccccc8)cc7)cc6)n5)cs4)cc3)cc2)cc1. The van der Waals surface area contributed by atoms with Crippen LogP contribution in [0, 0.1) is 0 Å². The first-order chi connectivity index (χ1) is 23.7. The summed E-state index contributed by atoms with van der Waals surface area (Å²) in [5, 5.41) is 6.49. The summed E-state index contributed by atoms with van der Waals surface area (Å²) in [5.41, 5.74) is 14.3. The zero-order valence-electron chi connectivity index (χ0n) is 26.3. The maximum Gasteiger partial charge on any atom is 0.123 e. The van der Waals surface area contributed by atoms with Crippen LogP contribution >= 0.6 is 22.7 Å². The van der Waals surface area contributed by atoms with Crippen LogP contribution in [0.15, 0.2) is 168 Å². The highest BCUT2D eigenvalue weighted by atomic mass is 32.1. The van der Waals surface area contributed by atoms with E-state index in [1.165, 1.54) is 44.5 Å². The number of nitrogens with zero attached hydrogens (tertiary/aromatic N) is 2. The zero-order chi connectivity index (χ0) is 32.1. The van der Waals surface area contributed by atoms with Gasteiger partial charge in [-0.2, -0.15) is 0 Å². The smallest absolute Gasteiger partial charge is 0.123 e. The van der Waals surface area contributed by atoms with E-state index < -0.39 is 0 Å². The molecule has 230 valence electrons. The molecule has 0 aliphatic heterocycles. The summed E-state index contributed by atoms with van der Waals surface area (Å²) >= 11 is 3.42. The van der Waals surface area contributed by atoms with Gasteiger partial charge in [-0.15, -0.1) is 22.7 Å². The second-order valence-corrected chi connectivity index (χ2v) is 13.5. The molecule has 0 N–H and O–H groups in total. The minimum Gasteiger partial charge on any atom is -0.241 e. The van der Waals surface area contributed by atoms with Gasteiger partial charge in [0, 0.05) is 21.9 Å². The Morgan fingerprint density at radius 2 is 0.542 bits per heavy atom. The average molecular weight is 653 g/mol. The highest BCUT2D eigenvalue weighted by Gasteiger charge is 2.10. The van der Waals surface area contributed by atoms with Gasteiger partial charge in [-0.25, -0.2) is 9.97 Å². The van der Waals surface area contributed by atoms with E-state index in [1.807, 2.05) is 0 Å². The van der Waals surface area contributed by atoms with Crippen molar-refractivity contribution < 1.29 is 0 Å². The van der Waals surface area contributed by atoms with Crippen molar-refractivity contribution in [3.05, 3.63) is 180 Å². The summed E-state index contributed by atoms with van der Waals surface area (Å²) in [6, 6.07) is 56.1. The van der Waals surface area contributed by atoms with E-state index >= 15 is 0 Å². The number of hydrogen-bond acceptors (Lipinski definition) is 4. The largest absolute Gasteiger partial charge is 0.241 e. The molecule has 48 heavy (non-hydrogen) atoms. The molecule has 2 aromatic heterocycles. The summed E-state index contributed by atoms with van der Waals surface area (Å²) in [4.78, 5) is 9.93. The first-order valence-electron chi connectivity index (χ1n) is 16.2. The van der Waals surface area contributed by atoms with Crippen molar-refractivity contribution in [3.8, 4) is 65.6 Å². The number of thiazole rings is 2. The number of aryl methyl sites for hydroxylation is 2. The second kappa shape index (κ2) is 13.7. The minimum atomic E-state index is 0.878. The molecular weight excluding hydrogens is 621 g/mol. The standard InChI is InChI=1S/C44H32N2S2/c1-3-7-31(8-4-1)33-11-15-35(16-12-33)37-19-23-39(24-20-37)43-45-41(29-47-43)27-28-42-30-48-44(46-42)40-25-21-38(22-26-40)36-17-13-34(14-18-36)32-9-5-2-6-10-32/h1-26,29-30H,27-28H2. The molecule has 2 heterocycles. The van der Waals surface area contributed by atoms with Crippen LogP contribution in [0.3, 0.4) is 0 Å². The molecule has 0 atom stereocenters. The van der Waals surface area contributed by atoms with Crippen molar-refractivity contribution >= 4 is 22.7 Å². The van der Waals surface area contributed by atoms with Crippen molar-refractivity contribution in [1.29, 1.82) is 0 Å². The van der Waals surface area contributed by atoms with Gasteiger partial charge >= 0.3 is 0 Å². The highest BCUT2D eigenvalue weighted by molar-refractivity contribution is 7.13. The first kappa shape index (κ1) is 29.9. The van der Waals surface area contributed by atoms with Gasteiger partial charge in [0.1, 0.15) is 10.0 Å². The molecule has 6 aromatic carbocycles. The van der Waals surface area contributed by atoms with Crippen LogP contribution < -0.4 is 0 Å². The van der Waals surface area contributed by atoms with Crippen LogP contribution in [-0.2, 0) is 12.8 Å². The molecule has 0 amide bonds. The van der Waals surface area contributed by atoms with E-state index in [4.69, 9.17) is 9.97 Å². The summed E-state index contributed by atoms with van der Waals surface area (Å²) in [6.07, 6.45) is 1.76. The molecule has 0 aliphatic rings. The predicted molar refractivity (Wildman–Crippen MR) is 204 cm³/mol. The lowest BCUT2D eigenvalue weighted by Crippen LogP contribution is -1.92. The molecule has 0 radical (unpaired) electrons. The Morgan fingerprint density at radius 1 is 0.292 bits per heavy atom. The molecule has 0 bridgehead atoms. The maximum absolute atomic E-state index is 4.96. The third-order valence-corrected chi connectivity index (χ3v) is 10.5. The van der Waals surface area contributed by atoms with Gasteiger partial charge in [-0.3, -0.25) is 0 Å². The van der Waals surface area contributed by atoms with Crippen molar-refractivity contribution in [2.24, 2.45) is 0 Å². The lowest BCUT2D eigenvalue weighted by molar-refractivity contribution is 0.900. The van der Waals surface area contributed by atoms with Crippen molar-refractivity contribution in [2.75, 3.05) is 0 Å². The number of hydrogen-bond donors (Lipinski definition) is 0. The molecule has 2 nitrogen and oxygen atoms in total. The summed E-state index contributed by atoms with van der Waals surface area (Å²) in [6.45, 7) is 0. The van der Waals surface area contributed by atoms with Gasteiger partial charge in [-0.1, -0.05) is 158 Å². The van der Waals surface area contributed by atoms with E-state index in [0.29, 0.717) is 0 Å². The molecule has 8 aromatic rings. The summed E-state index contributed by atoms with van der Waals surface area (Å²) in [7, 11) is 0. The minimum absolute atomic E-state index is 0.878. The van der Waals surface area contributed by atoms with E-state index in [9.17, 15) is 0 Å². The number of aromatic nitrogens is 2. The fourth-order valence-electron chi connectivity index (χ4n) is 5.95. The predicted octanol–water partition coefficient (Wildman–Crippen LogP) is 12.4. The Kier molecular flexibility index (Phi) is 8.58. The van der Waals surface area contributed by atoms with Gasteiger partial charge in [0.05, 0.1) is 11.4 Å². The van der Waals surface area contributed by atoms with Crippen molar-refractivity contribution in [2.45, 2.75) is 12.8 Å². The van der Waals surface area contributed by atoms with Gasteiger partial charge in [0.15, 0.2) is 0 Å². The molecule has 4 heteroatoms. The Morgan fingerprint density at radius 3 is 0.833 bits per heavy atom. The third-order valence-electron chi connectivity index (χ3n) is 8.66. The fourth-order valence-corrected chi connectivity index (χ4v) is 7.67. The molecule has 0 saturated carbocycles. The van der Waals surface area contributed by atoms with Crippen LogP contribution in [0.1, 0.15) is 11.4 Å². The third kappa shape index (κ3) is 6.68. The molecule has 8 rings (SSSR count). The Balaban J connectivity index is 0.874. The number of rotatable bonds is 9. The normalized spacial score (nSPS) is 11.1. The Bertz CT molecular complexity index is 2070. The van der Waals surface area contributed by atoms with E-state index in [1.54, 1.807) is 22.7 Å². The molecule has 0 unspecified atom stereocenters. The van der Waals surface area contributed by atoms with E-state index in [-0.39, 0.29) is 0 Å². The molecule has 0 saturated heterocycles. The fraction of sp³-hybridized carbons (Fsp3) is 0.0455. The quantitative estimate of drug-likeness (QED) is 0.155. The Hall–Kier alpha value is -5.42. The highest BCUT2D eigenvalue weighted by Crippen LogP contribution is 2.31. The van der Waals surface area contributed by atoms with E-state index in [2.05, 4.69) is 168 Å². The van der Waals surface area contributed by atoms with Gasteiger partial charge in [0.2, 0.25) is 0 Å². The zero-order valence-corrected chi connectivity index (χ0v) is 27.9. The molecule has 0 aliphatic carbocycles.